The molecule has 0 aromatic heterocycles. The number of sulfonamides is 1. The normalized spacial score (nSPS) is 12.1. The molecule has 0 aliphatic rings. The Hall–Kier alpha value is -3.07. The number of rotatable bonds is 11. The topological polar surface area (TPSA) is 86.8 Å². The van der Waals surface area contributed by atoms with E-state index in [1.807, 2.05) is 26.8 Å². The van der Waals surface area contributed by atoms with Gasteiger partial charge in [0.1, 0.15) is 12.6 Å². The summed E-state index contributed by atoms with van der Waals surface area (Å²) in [4.78, 5) is 28.3. The zero-order valence-electron chi connectivity index (χ0n) is 22.4. The fraction of sp³-hybridized carbons (Fsp3) is 0.310. The Morgan fingerprint density at radius 1 is 0.923 bits per heavy atom. The molecule has 0 heterocycles. The minimum Gasteiger partial charge on any atom is -0.354 e. The largest absolute Gasteiger partial charge is 0.354 e. The Morgan fingerprint density at radius 3 is 2.23 bits per heavy atom. The van der Waals surface area contributed by atoms with Crippen molar-refractivity contribution >= 4 is 50.7 Å². The first-order valence-electron chi connectivity index (χ1n) is 12.6. The summed E-state index contributed by atoms with van der Waals surface area (Å²) in [5.74, 6) is -0.883. The summed E-state index contributed by atoms with van der Waals surface area (Å²) < 4.78 is 28.7. The second-order valence-corrected chi connectivity index (χ2v) is 12.0. The van der Waals surface area contributed by atoms with Crippen LogP contribution in [0.4, 0.5) is 5.69 Å². The molecule has 1 N–H and O–H groups in total. The highest BCUT2D eigenvalue weighted by Gasteiger charge is 2.32. The Bertz CT molecular complexity index is 1430. The van der Waals surface area contributed by atoms with E-state index in [-0.39, 0.29) is 17.3 Å². The number of benzene rings is 3. The third kappa shape index (κ3) is 7.53. The van der Waals surface area contributed by atoms with Crippen molar-refractivity contribution in [3.05, 3.63) is 93.5 Å². The van der Waals surface area contributed by atoms with E-state index in [4.69, 9.17) is 23.2 Å². The summed E-state index contributed by atoms with van der Waals surface area (Å²) in [5, 5.41) is 3.49. The summed E-state index contributed by atoms with van der Waals surface area (Å²) in [5.41, 5.74) is 2.88. The Kier molecular flexibility index (Phi) is 10.4. The van der Waals surface area contributed by atoms with Crippen LogP contribution in [0.25, 0.3) is 0 Å². The molecule has 2 amide bonds. The Morgan fingerprint density at radius 2 is 1.62 bits per heavy atom. The van der Waals surface area contributed by atoms with Gasteiger partial charge in [0.2, 0.25) is 11.8 Å². The number of amides is 2. The van der Waals surface area contributed by atoms with Gasteiger partial charge in [0.15, 0.2) is 0 Å². The lowest BCUT2D eigenvalue weighted by atomic mass is 10.1. The van der Waals surface area contributed by atoms with E-state index in [2.05, 4.69) is 5.32 Å². The minimum absolute atomic E-state index is 0.0303. The number of carbonyl (C=O) groups excluding carboxylic acids is 2. The molecule has 7 nitrogen and oxygen atoms in total. The van der Waals surface area contributed by atoms with Gasteiger partial charge in [-0.05, 0) is 80.3 Å². The van der Waals surface area contributed by atoms with Gasteiger partial charge in [-0.3, -0.25) is 13.9 Å². The highest BCUT2D eigenvalue weighted by Crippen LogP contribution is 2.27. The van der Waals surface area contributed by atoms with E-state index in [0.717, 1.165) is 21.9 Å². The SMILES string of the molecule is CCCNC(=O)C(C)N(Cc1ccc(Cl)c(Cl)c1)C(=O)CN(c1ccc(C)c(C)c1)S(=O)(=O)c1ccccc1. The molecule has 1 atom stereocenters. The third-order valence-corrected chi connectivity index (χ3v) is 8.97. The molecule has 0 bridgehead atoms. The van der Waals surface area contributed by atoms with Gasteiger partial charge in [-0.25, -0.2) is 8.42 Å². The van der Waals surface area contributed by atoms with E-state index in [9.17, 15) is 18.0 Å². The molecular formula is C29H33Cl2N3O4S. The van der Waals surface area contributed by atoms with E-state index >= 15 is 0 Å². The lowest BCUT2D eigenvalue weighted by Gasteiger charge is -2.32. The summed E-state index contributed by atoms with van der Waals surface area (Å²) in [7, 11) is -4.11. The highest BCUT2D eigenvalue weighted by molar-refractivity contribution is 7.92. The van der Waals surface area contributed by atoms with Crippen LogP contribution in [0, 0.1) is 13.8 Å². The van der Waals surface area contributed by atoms with Crippen molar-refractivity contribution in [1.82, 2.24) is 10.2 Å². The molecule has 0 spiro atoms. The van der Waals surface area contributed by atoms with Crippen molar-refractivity contribution in [2.24, 2.45) is 0 Å². The summed E-state index contributed by atoms with van der Waals surface area (Å²) in [6, 6.07) is 17.3. The van der Waals surface area contributed by atoms with Gasteiger partial charge in [0.25, 0.3) is 10.0 Å². The molecule has 10 heteroatoms. The molecule has 0 radical (unpaired) electrons. The molecule has 0 aliphatic heterocycles. The minimum atomic E-state index is -4.11. The highest BCUT2D eigenvalue weighted by atomic mass is 35.5. The number of halogens is 2. The van der Waals surface area contributed by atoms with Gasteiger partial charge in [-0.2, -0.15) is 0 Å². The quantitative estimate of drug-likeness (QED) is 0.308. The van der Waals surface area contributed by atoms with Gasteiger partial charge in [0, 0.05) is 13.1 Å². The average Bonchev–Trinajstić information content (AvgIpc) is 2.92. The van der Waals surface area contributed by atoms with Gasteiger partial charge >= 0.3 is 0 Å². The first-order valence-corrected chi connectivity index (χ1v) is 14.8. The predicted octanol–water partition coefficient (Wildman–Crippen LogP) is 5.75. The number of hydrogen-bond acceptors (Lipinski definition) is 4. The number of nitrogens with zero attached hydrogens (tertiary/aromatic N) is 2. The van der Waals surface area contributed by atoms with Crippen molar-refractivity contribution in [2.75, 3.05) is 17.4 Å². The first-order chi connectivity index (χ1) is 18.4. The van der Waals surface area contributed by atoms with Crippen LogP contribution >= 0.6 is 23.2 Å². The van der Waals surface area contributed by atoms with Crippen molar-refractivity contribution in [1.29, 1.82) is 0 Å². The smallest absolute Gasteiger partial charge is 0.264 e. The van der Waals surface area contributed by atoms with Gasteiger partial charge in [0.05, 0.1) is 20.6 Å². The van der Waals surface area contributed by atoms with Crippen molar-refractivity contribution in [3.63, 3.8) is 0 Å². The zero-order valence-corrected chi connectivity index (χ0v) is 24.8. The maximum absolute atomic E-state index is 13.9. The van der Waals surface area contributed by atoms with Crippen LogP contribution in [0.3, 0.4) is 0 Å². The van der Waals surface area contributed by atoms with Crippen LogP contribution in [-0.2, 0) is 26.2 Å². The molecule has 3 aromatic rings. The fourth-order valence-corrected chi connectivity index (χ4v) is 5.69. The number of nitrogens with one attached hydrogen (secondary N) is 1. The summed E-state index contributed by atoms with van der Waals surface area (Å²) in [6.45, 7) is 7.33. The first kappa shape index (κ1) is 30.5. The van der Waals surface area contributed by atoms with Crippen LogP contribution in [0.2, 0.25) is 10.0 Å². The molecule has 0 saturated carbocycles. The Balaban J connectivity index is 2.04. The standard InChI is InChI=1S/C29H33Cl2N3O4S/c1-5-15-32-29(36)22(4)33(18-23-12-14-26(30)27(31)17-23)28(35)19-34(24-13-11-20(2)21(3)16-24)39(37,38)25-9-7-6-8-10-25/h6-14,16-17,22H,5,15,18-19H2,1-4H3,(H,32,36). The van der Waals surface area contributed by atoms with Crippen LogP contribution in [0.1, 0.15) is 37.0 Å². The third-order valence-electron chi connectivity index (χ3n) is 6.44. The van der Waals surface area contributed by atoms with Crippen LogP contribution in [0.5, 0.6) is 0 Å². The lowest BCUT2D eigenvalue weighted by molar-refractivity contribution is -0.139. The number of hydrogen-bond donors (Lipinski definition) is 1. The molecule has 39 heavy (non-hydrogen) atoms. The van der Waals surface area contributed by atoms with Crippen LogP contribution < -0.4 is 9.62 Å². The molecular weight excluding hydrogens is 557 g/mol. The van der Waals surface area contributed by atoms with Crippen LogP contribution in [0.15, 0.2) is 71.6 Å². The molecule has 0 saturated heterocycles. The second-order valence-electron chi connectivity index (χ2n) is 9.33. The van der Waals surface area contributed by atoms with E-state index in [1.165, 1.54) is 17.0 Å². The summed E-state index contributed by atoms with van der Waals surface area (Å²) >= 11 is 12.3. The maximum atomic E-state index is 13.9. The molecule has 3 rings (SSSR count). The molecule has 0 fully saturated rings. The van der Waals surface area contributed by atoms with E-state index in [0.29, 0.717) is 27.8 Å². The monoisotopic (exact) mass is 589 g/mol. The fourth-order valence-electron chi connectivity index (χ4n) is 3.94. The number of carbonyl (C=O) groups is 2. The molecule has 1 unspecified atom stereocenters. The average molecular weight is 591 g/mol. The Labute approximate surface area is 240 Å². The molecule has 208 valence electrons. The van der Waals surface area contributed by atoms with E-state index in [1.54, 1.807) is 55.5 Å². The number of aryl methyl sites for hydroxylation is 2. The lowest BCUT2D eigenvalue weighted by Crippen LogP contribution is -2.51. The van der Waals surface area contributed by atoms with Crippen molar-refractivity contribution in [2.45, 2.75) is 51.6 Å². The van der Waals surface area contributed by atoms with Crippen LogP contribution in [-0.4, -0.2) is 44.3 Å². The van der Waals surface area contributed by atoms with Gasteiger partial charge < -0.3 is 10.2 Å². The molecule has 0 aliphatic carbocycles. The molecule has 3 aromatic carbocycles. The van der Waals surface area contributed by atoms with Crippen molar-refractivity contribution < 1.29 is 18.0 Å². The van der Waals surface area contributed by atoms with Crippen molar-refractivity contribution in [3.8, 4) is 0 Å². The zero-order chi connectivity index (χ0) is 28.7. The van der Waals surface area contributed by atoms with Gasteiger partial charge in [-0.1, -0.05) is 60.5 Å². The number of anilines is 1. The summed E-state index contributed by atoms with van der Waals surface area (Å²) in [6.07, 6.45) is 0.731. The van der Waals surface area contributed by atoms with Gasteiger partial charge in [-0.15, -0.1) is 0 Å². The predicted molar refractivity (Wildman–Crippen MR) is 157 cm³/mol. The van der Waals surface area contributed by atoms with E-state index < -0.39 is 28.5 Å². The maximum Gasteiger partial charge on any atom is 0.264 e. The second kappa shape index (κ2) is 13.3.